The highest BCUT2D eigenvalue weighted by Gasteiger charge is 2.40. The Kier molecular flexibility index (Phi) is 4.32. The molecule has 0 saturated heterocycles. The van der Waals surface area contributed by atoms with E-state index in [0.29, 0.717) is 0 Å². The third-order valence-corrected chi connectivity index (χ3v) is 5.51. The lowest BCUT2D eigenvalue weighted by atomic mass is 9.86. The Balaban J connectivity index is 1.93. The zero-order valence-corrected chi connectivity index (χ0v) is 15.4. The molecule has 0 fully saturated rings. The molecule has 4 rings (SSSR count). The maximum Gasteiger partial charge on any atom is 0.241 e. The summed E-state index contributed by atoms with van der Waals surface area (Å²) in [4.78, 5) is 15.1. The van der Waals surface area contributed by atoms with E-state index in [0.717, 1.165) is 42.1 Å². The molecule has 136 valence electrons. The summed E-state index contributed by atoms with van der Waals surface area (Å²) >= 11 is 0. The van der Waals surface area contributed by atoms with E-state index in [1.807, 2.05) is 18.2 Å². The van der Waals surface area contributed by atoms with E-state index in [1.165, 1.54) is 11.1 Å². The Labute approximate surface area is 153 Å². The standard InChI is InChI=1S/C21H24N2O3/c1-4-17-21(24)22-16-8-6-5-7-14(16)20-15-12-19(26-3)18(25-2)11-13(15)9-10-23(17)20/h5-8,11-12,17,20H,4,9-10H2,1-3H3,(H,22,24). The summed E-state index contributed by atoms with van der Waals surface area (Å²) in [7, 11) is 3.32. The van der Waals surface area contributed by atoms with Crippen LogP contribution in [0.1, 0.15) is 36.1 Å². The molecule has 0 saturated carbocycles. The average molecular weight is 352 g/mol. The number of amides is 1. The van der Waals surface area contributed by atoms with Gasteiger partial charge in [0, 0.05) is 12.2 Å². The molecule has 5 nitrogen and oxygen atoms in total. The lowest BCUT2D eigenvalue weighted by Gasteiger charge is -2.40. The third kappa shape index (κ3) is 2.54. The monoisotopic (exact) mass is 352 g/mol. The molecule has 0 bridgehead atoms. The second kappa shape index (κ2) is 6.65. The number of nitrogens with zero attached hydrogens (tertiary/aromatic N) is 1. The molecular weight excluding hydrogens is 328 g/mol. The molecule has 0 aromatic heterocycles. The molecule has 2 aliphatic heterocycles. The molecule has 2 aromatic rings. The van der Waals surface area contributed by atoms with E-state index >= 15 is 0 Å². The number of carbonyl (C=O) groups excluding carboxylic acids is 1. The summed E-state index contributed by atoms with van der Waals surface area (Å²) in [6.07, 6.45) is 1.66. The zero-order chi connectivity index (χ0) is 18.3. The van der Waals surface area contributed by atoms with Crippen molar-refractivity contribution in [1.29, 1.82) is 0 Å². The van der Waals surface area contributed by atoms with Crippen molar-refractivity contribution in [3.63, 3.8) is 0 Å². The van der Waals surface area contributed by atoms with Gasteiger partial charge >= 0.3 is 0 Å². The van der Waals surface area contributed by atoms with Gasteiger partial charge in [0.05, 0.1) is 26.3 Å². The van der Waals surface area contributed by atoms with Crippen LogP contribution in [-0.2, 0) is 11.2 Å². The normalized spacial score (nSPS) is 21.7. The van der Waals surface area contributed by atoms with Gasteiger partial charge in [-0.15, -0.1) is 0 Å². The zero-order valence-electron chi connectivity index (χ0n) is 15.4. The molecule has 2 aromatic carbocycles. The van der Waals surface area contributed by atoms with Crippen LogP contribution in [-0.4, -0.2) is 37.6 Å². The van der Waals surface area contributed by atoms with E-state index in [2.05, 4.69) is 35.3 Å². The number of ether oxygens (including phenoxy) is 2. The number of nitrogens with one attached hydrogen (secondary N) is 1. The van der Waals surface area contributed by atoms with Gasteiger partial charge in [-0.05, 0) is 47.7 Å². The highest BCUT2D eigenvalue weighted by Crippen LogP contribution is 2.45. The van der Waals surface area contributed by atoms with Gasteiger partial charge in [-0.3, -0.25) is 9.69 Å². The smallest absolute Gasteiger partial charge is 0.241 e. The molecule has 0 aliphatic carbocycles. The van der Waals surface area contributed by atoms with Crippen molar-refractivity contribution in [2.75, 3.05) is 26.1 Å². The van der Waals surface area contributed by atoms with E-state index in [-0.39, 0.29) is 18.0 Å². The van der Waals surface area contributed by atoms with Crippen LogP contribution in [0, 0.1) is 0 Å². The Morgan fingerprint density at radius 3 is 2.58 bits per heavy atom. The number of hydrogen-bond acceptors (Lipinski definition) is 4. The first kappa shape index (κ1) is 16.9. The predicted octanol–water partition coefficient (Wildman–Crippen LogP) is 3.38. The number of anilines is 1. The molecule has 2 heterocycles. The number of rotatable bonds is 3. The van der Waals surface area contributed by atoms with Crippen molar-refractivity contribution < 1.29 is 14.3 Å². The first-order valence-corrected chi connectivity index (χ1v) is 9.08. The molecular formula is C21H24N2O3. The maximum absolute atomic E-state index is 12.8. The Morgan fingerprint density at radius 1 is 1.12 bits per heavy atom. The van der Waals surface area contributed by atoms with Crippen LogP contribution in [0.25, 0.3) is 0 Å². The summed E-state index contributed by atoms with van der Waals surface area (Å²) in [5.41, 5.74) is 4.47. The van der Waals surface area contributed by atoms with Crippen LogP contribution in [0.3, 0.4) is 0 Å². The van der Waals surface area contributed by atoms with Crippen LogP contribution in [0.2, 0.25) is 0 Å². The van der Waals surface area contributed by atoms with E-state index < -0.39 is 0 Å². The predicted molar refractivity (Wildman–Crippen MR) is 101 cm³/mol. The molecule has 0 radical (unpaired) electrons. The highest BCUT2D eigenvalue weighted by molar-refractivity contribution is 5.96. The molecule has 0 spiro atoms. The summed E-state index contributed by atoms with van der Waals surface area (Å²) in [5, 5.41) is 3.13. The molecule has 26 heavy (non-hydrogen) atoms. The van der Waals surface area contributed by atoms with Gasteiger partial charge < -0.3 is 14.8 Å². The Bertz CT molecular complexity index is 849. The lowest BCUT2D eigenvalue weighted by molar-refractivity contribution is -0.121. The topological polar surface area (TPSA) is 50.8 Å². The van der Waals surface area contributed by atoms with Gasteiger partial charge in [0.25, 0.3) is 0 Å². The first-order chi connectivity index (χ1) is 12.7. The Morgan fingerprint density at radius 2 is 1.85 bits per heavy atom. The second-order valence-electron chi connectivity index (χ2n) is 6.80. The summed E-state index contributed by atoms with van der Waals surface area (Å²) in [6.45, 7) is 2.91. The lowest BCUT2D eigenvalue weighted by Crippen LogP contribution is -2.46. The fourth-order valence-corrected chi connectivity index (χ4v) is 4.28. The molecule has 1 N–H and O–H groups in total. The fraction of sp³-hybridized carbons (Fsp3) is 0.381. The minimum absolute atomic E-state index is 0.0265. The van der Waals surface area contributed by atoms with E-state index in [9.17, 15) is 4.79 Å². The van der Waals surface area contributed by atoms with Crippen LogP contribution in [0.15, 0.2) is 36.4 Å². The summed E-state index contributed by atoms with van der Waals surface area (Å²) in [6, 6.07) is 12.1. The molecule has 1 amide bonds. The number of benzene rings is 2. The van der Waals surface area contributed by atoms with Crippen LogP contribution < -0.4 is 14.8 Å². The van der Waals surface area contributed by atoms with Gasteiger partial charge in [0.15, 0.2) is 11.5 Å². The van der Waals surface area contributed by atoms with Crippen molar-refractivity contribution in [3.05, 3.63) is 53.1 Å². The largest absolute Gasteiger partial charge is 0.493 e. The van der Waals surface area contributed by atoms with Gasteiger partial charge in [-0.1, -0.05) is 25.1 Å². The SMILES string of the molecule is CCC1C(=O)Nc2ccccc2C2c3cc(OC)c(OC)cc3CCN12. The third-order valence-electron chi connectivity index (χ3n) is 5.51. The first-order valence-electron chi connectivity index (χ1n) is 9.08. The molecule has 2 aliphatic rings. The average Bonchev–Trinajstić information content (AvgIpc) is 2.79. The van der Waals surface area contributed by atoms with Gasteiger partial charge in [-0.25, -0.2) is 0 Å². The molecule has 5 heteroatoms. The van der Waals surface area contributed by atoms with Gasteiger partial charge in [-0.2, -0.15) is 0 Å². The number of fused-ring (bicyclic) bond motifs is 5. The summed E-state index contributed by atoms with van der Waals surface area (Å²) in [5.74, 6) is 1.55. The fourth-order valence-electron chi connectivity index (χ4n) is 4.28. The van der Waals surface area contributed by atoms with Gasteiger partial charge in [0.1, 0.15) is 0 Å². The van der Waals surface area contributed by atoms with Crippen molar-refractivity contribution in [3.8, 4) is 11.5 Å². The highest BCUT2D eigenvalue weighted by atomic mass is 16.5. The number of methoxy groups -OCH3 is 2. The quantitative estimate of drug-likeness (QED) is 0.920. The van der Waals surface area contributed by atoms with Crippen molar-refractivity contribution >= 4 is 11.6 Å². The second-order valence-corrected chi connectivity index (χ2v) is 6.80. The van der Waals surface area contributed by atoms with Crippen molar-refractivity contribution in [2.45, 2.75) is 31.8 Å². The summed E-state index contributed by atoms with van der Waals surface area (Å²) < 4.78 is 11.0. The van der Waals surface area contributed by atoms with Gasteiger partial charge in [0.2, 0.25) is 5.91 Å². The van der Waals surface area contributed by atoms with E-state index in [1.54, 1.807) is 14.2 Å². The van der Waals surface area contributed by atoms with E-state index in [4.69, 9.17) is 9.47 Å². The van der Waals surface area contributed by atoms with Crippen LogP contribution >= 0.6 is 0 Å². The maximum atomic E-state index is 12.8. The minimum Gasteiger partial charge on any atom is -0.493 e. The number of para-hydroxylation sites is 1. The number of hydrogen-bond donors (Lipinski definition) is 1. The van der Waals surface area contributed by atoms with Crippen molar-refractivity contribution in [1.82, 2.24) is 4.90 Å². The van der Waals surface area contributed by atoms with Crippen molar-refractivity contribution in [2.24, 2.45) is 0 Å². The minimum atomic E-state index is -0.145. The van der Waals surface area contributed by atoms with Crippen LogP contribution in [0.5, 0.6) is 11.5 Å². The molecule has 2 atom stereocenters. The number of carbonyl (C=O) groups is 1. The Hall–Kier alpha value is -2.53. The van der Waals surface area contributed by atoms with Crippen LogP contribution in [0.4, 0.5) is 5.69 Å². The molecule has 2 unspecified atom stereocenters.